The molecule has 3 aromatic rings. The van der Waals surface area contributed by atoms with Gasteiger partial charge in [-0.25, -0.2) is 4.79 Å². The summed E-state index contributed by atoms with van der Waals surface area (Å²) in [5, 5.41) is 11.8. The van der Waals surface area contributed by atoms with Crippen molar-refractivity contribution in [1.82, 2.24) is 24.4 Å². The van der Waals surface area contributed by atoms with Crippen molar-refractivity contribution in [3.8, 4) is 5.69 Å². The molecule has 0 radical (unpaired) electrons. The molecule has 25 heavy (non-hydrogen) atoms. The Bertz CT molecular complexity index is 979. The lowest BCUT2D eigenvalue weighted by Gasteiger charge is -2.10. The predicted molar refractivity (Wildman–Crippen MR) is 93.8 cm³/mol. The minimum atomic E-state index is -0.309. The van der Waals surface area contributed by atoms with Gasteiger partial charge in [0.05, 0.1) is 11.4 Å². The Balaban J connectivity index is 1.85. The quantitative estimate of drug-likeness (QED) is 0.521. The summed E-state index contributed by atoms with van der Waals surface area (Å²) in [6, 6.07) is 7.61. The molecule has 2 aromatic heterocycles. The van der Waals surface area contributed by atoms with Gasteiger partial charge in [0.15, 0.2) is 0 Å². The second-order valence-corrected chi connectivity index (χ2v) is 5.89. The van der Waals surface area contributed by atoms with Crippen LogP contribution in [0.15, 0.2) is 46.6 Å². The third-order valence-corrected chi connectivity index (χ3v) is 4.00. The molecule has 2 heterocycles. The van der Waals surface area contributed by atoms with Gasteiger partial charge in [-0.15, -0.1) is 0 Å². The zero-order chi connectivity index (χ0) is 18.0. The Hall–Kier alpha value is -3.16. The number of oxime groups is 1. The van der Waals surface area contributed by atoms with E-state index in [1.165, 1.54) is 9.36 Å². The van der Waals surface area contributed by atoms with Crippen LogP contribution in [-0.2, 0) is 25.5 Å². The Labute approximate surface area is 144 Å². The summed E-state index contributed by atoms with van der Waals surface area (Å²) in [6.07, 6.45) is 3.93. The Morgan fingerprint density at radius 3 is 2.68 bits per heavy atom. The van der Waals surface area contributed by atoms with Crippen LogP contribution in [0.25, 0.3) is 5.69 Å². The van der Waals surface area contributed by atoms with Crippen LogP contribution in [0, 0.1) is 6.92 Å². The summed E-state index contributed by atoms with van der Waals surface area (Å²) < 4.78 is 4.40. The smallest absolute Gasteiger partial charge is 0.368 e. The van der Waals surface area contributed by atoms with Gasteiger partial charge in [0.25, 0.3) is 0 Å². The zero-order valence-corrected chi connectivity index (χ0v) is 14.7. The van der Waals surface area contributed by atoms with Gasteiger partial charge < -0.3 is 9.40 Å². The minimum Gasteiger partial charge on any atom is -0.391 e. The third-order valence-electron chi connectivity index (χ3n) is 4.00. The normalized spacial score (nSPS) is 11.8. The molecule has 0 unspecified atom stereocenters. The second kappa shape index (κ2) is 6.76. The Morgan fingerprint density at radius 1 is 1.24 bits per heavy atom. The van der Waals surface area contributed by atoms with Crippen molar-refractivity contribution in [2.75, 3.05) is 0 Å². The summed E-state index contributed by atoms with van der Waals surface area (Å²) in [5.41, 5.74) is 3.95. The average Bonchev–Trinajstić information content (AvgIpc) is 3.16. The van der Waals surface area contributed by atoms with Gasteiger partial charge in [-0.05, 0) is 42.0 Å². The van der Waals surface area contributed by atoms with Crippen LogP contribution in [0.3, 0.4) is 0 Å². The maximum absolute atomic E-state index is 12.1. The second-order valence-electron chi connectivity index (χ2n) is 5.89. The molecule has 0 saturated heterocycles. The number of hydrogen-bond acceptors (Lipinski definition) is 5. The van der Waals surface area contributed by atoms with Crippen molar-refractivity contribution in [2.45, 2.75) is 20.5 Å². The highest BCUT2D eigenvalue weighted by Crippen LogP contribution is 2.18. The van der Waals surface area contributed by atoms with Gasteiger partial charge in [-0.1, -0.05) is 17.3 Å². The average molecular weight is 340 g/mol. The lowest BCUT2D eigenvalue weighted by atomic mass is 10.1. The third kappa shape index (κ3) is 3.37. The fourth-order valence-electron chi connectivity index (χ4n) is 2.50. The van der Waals surface area contributed by atoms with Crippen LogP contribution in [0.2, 0.25) is 0 Å². The molecule has 0 aliphatic carbocycles. The molecule has 0 amide bonds. The van der Waals surface area contributed by atoms with E-state index in [0.717, 1.165) is 22.4 Å². The largest absolute Gasteiger partial charge is 0.391 e. The lowest BCUT2D eigenvalue weighted by molar-refractivity contribution is 0.130. The van der Waals surface area contributed by atoms with Gasteiger partial charge in [0.2, 0.25) is 0 Å². The number of benzene rings is 1. The molecule has 0 aliphatic heterocycles. The predicted octanol–water partition coefficient (Wildman–Crippen LogP) is 1.55. The zero-order valence-electron chi connectivity index (χ0n) is 14.7. The molecule has 0 saturated carbocycles. The summed E-state index contributed by atoms with van der Waals surface area (Å²) in [6.45, 7) is 4.08. The molecule has 130 valence electrons. The van der Waals surface area contributed by atoms with E-state index in [-0.39, 0.29) is 12.3 Å². The van der Waals surface area contributed by atoms with E-state index in [4.69, 9.17) is 4.84 Å². The molecule has 1 aromatic carbocycles. The van der Waals surface area contributed by atoms with Crippen molar-refractivity contribution in [1.29, 1.82) is 0 Å². The van der Waals surface area contributed by atoms with Crippen molar-refractivity contribution >= 4 is 5.71 Å². The van der Waals surface area contributed by atoms with Gasteiger partial charge in [0, 0.05) is 37.6 Å². The van der Waals surface area contributed by atoms with E-state index >= 15 is 0 Å². The van der Waals surface area contributed by atoms with Crippen LogP contribution in [-0.4, -0.2) is 30.1 Å². The standard InChI is InChI=1S/C17H20N6O2/c1-12-6-5-7-16(23-17(24)22(4)19-20-23)15(12)11-25-18-13(2)14-8-9-21(3)10-14/h5-10H,11H2,1-4H3. The van der Waals surface area contributed by atoms with Crippen molar-refractivity contribution in [2.24, 2.45) is 19.3 Å². The van der Waals surface area contributed by atoms with E-state index in [1.54, 1.807) is 7.05 Å². The van der Waals surface area contributed by atoms with Gasteiger partial charge >= 0.3 is 5.69 Å². The fraction of sp³-hybridized carbons (Fsp3) is 0.294. The molecule has 0 aliphatic rings. The number of nitrogens with zero attached hydrogens (tertiary/aromatic N) is 6. The Kier molecular flexibility index (Phi) is 4.51. The minimum absolute atomic E-state index is 0.231. The summed E-state index contributed by atoms with van der Waals surface area (Å²) in [5.74, 6) is 0. The molecule has 8 heteroatoms. The Morgan fingerprint density at radius 2 is 2.04 bits per heavy atom. The van der Waals surface area contributed by atoms with Gasteiger partial charge in [-0.2, -0.15) is 9.36 Å². The van der Waals surface area contributed by atoms with Crippen LogP contribution in [0.5, 0.6) is 0 Å². The SMILES string of the molecule is CC(=NOCc1c(C)cccc1-n1nnn(C)c1=O)c1ccn(C)c1. The van der Waals surface area contributed by atoms with Gasteiger partial charge in [-0.3, -0.25) is 0 Å². The number of hydrogen-bond donors (Lipinski definition) is 0. The van der Waals surface area contributed by atoms with Crippen LogP contribution < -0.4 is 5.69 Å². The highest BCUT2D eigenvalue weighted by Gasteiger charge is 2.13. The van der Waals surface area contributed by atoms with Crippen LogP contribution in [0.4, 0.5) is 0 Å². The number of aryl methyl sites for hydroxylation is 3. The molecule has 0 atom stereocenters. The highest BCUT2D eigenvalue weighted by atomic mass is 16.6. The summed E-state index contributed by atoms with van der Waals surface area (Å²) in [4.78, 5) is 17.7. The molecular formula is C17H20N6O2. The summed E-state index contributed by atoms with van der Waals surface area (Å²) >= 11 is 0. The van der Waals surface area contributed by atoms with Crippen LogP contribution in [0.1, 0.15) is 23.6 Å². The number of tetrazole rings is 1. The lowest BCUT2D eigenvalue weighted by Crippen LogP contribution is -2.23. The molecule has 0 N–H and O–H groups in total. The fourth-order valence-corrected chi connectivity index (χ4v) is 2.50. The van der Waals surface area contributed by atoms with E-state index in [2.05, 4.69) is 15.6 Å². The van der Waals surface area contributed by atoms with E-state index in [0.29, 0.717) is 5.69 Å². The molecule has 0 spiro atoms. The van der Waals surface area contributed by atoms with Crippen LogP contribution >= 0.6 is 0 Å². The van der Waals surface area contributed by atoms with Crippen molar-refractivity contribution in [3.05, 3.63) is 63.8 Å². The number of rotatable bonds is 5. The first kappa shape index (κ1) is 16.7. The van der Waals surface area contributed by atoms with Crippen molar-refractivity contribution in [3.63, 3.8) is 0 Å². The number of aromatic nitrogens is 5. The van der Waals surface area contributed by atoms with Gasteiger partial charge in [0.1, 0.15) is 6.61 Å². The first-order valence-corrected chi connectivity index (χ1v) is 7.84. The maximum atomic E-state index is 12.1. The first-order valence-electron chi connectivity index (χ1n) is 7.84. The molecular weight excluding hydrogens is 320 g/mol. The molecule has 3 rings (SSSR count). The molecule has 0 fully saturated rings. The van der Waals surface area contributed by atoms with E-state index in [9.17, 15) is 4.79 Å². The van der Waals surface area contributed by atoms with E-state index < -0.39 is 0 Å². The van der Waals surface area contributed by atoms with Crippen molar-refractivity contribution < 1.29 is 4.84 Å². The molecule has 0 bridgehead atoms. The monoisotopic (exact) mass is 340 g/mol. The molecule has 8 nitrogen and oxygen atoms in total. The summed E-state index contributed by atoms with van der Waals surface area (Å²) in [7, 11) is 3.52. The highest BCUT2D eigenvalue weighted by molar-refractivity contribution is 5.98. The van der Waals surface area contributed by atoms with E-state index in [1.807, 2.05) is 62.1 Å². The first-order chi connectivity index (χ1) is 12.0. The maximum Gasteiger partial charge on any atom is 0.368 e. The topological polar surface area (TPSA) is 79.2 Å².